The SMILES string of the molecule is Fc1ccc(Nc2ccnc(Nc3ccccc3Br)n2)c(F)c1F. The van der Waals surface area contributed by atoms with E-state index in [0.717, 1.165) is 22.3 Å². The zero-order valence-corrected chi connectivity index (χ0v) is 13.6. The van der Waals surface area contributed by atoms with Crippen LogP contribution < -0.4 is 10.6 Å². The van der Waals surface area contributed by atoms with Crippen molar-refractivity contribution in [2.75, 3.05) is 10.6 Å². The van der Waals surface area contributed by atoms with Gasteiger partial charge in [0.1, 0.15) is 5.82 Å². The first kappa shape index (κ1) is 16.3. The van der Waals surface area contributed by atoms with Crippen molar-refractivity contribution < 1.29 is 13.2 Å². The van der Waals surface area contributed by atoms with Gasteiger partial charge in [-0.05, 0) is 46.3 Å². The van der Waals surface area contributed by atoms with Crippen LogP contribution in [0.25, 0.3) is 0 Å². The third-order valence-electron chi connectivity index (χ3n) is 3.07. The van der Waals surface area contributed by atoms with Gasteiger partial charge in [0.2, 0.25) is 5.95 Å². The van der Waals surface area contributed by atoms with Gasteiger partial charge >= 0.3 is 0 Å². The quantitative estimate of drug-likeness (QED) is 0.601. The second kappa shape index (κ2) is 6.88. The van der Waals surface area contributed by atoms with Crippen LogP contribution >= 0.6 is 15.9 Å². The molecule has 4 nitrogen and oxygen atoms in total. The molecule has 0 aliphatic heterocycles. The summed E-state index contributed by atoms with van der Waals surface area (Å²) in [6.07, 6.45) is 1.45. The molecule has 1 aromatic heterocycles. The highest BCUT2D eigenvalue weighted by Crippen LogP contribution is 2.25. The third-order valence-corrected chi connectivity index (χ3v) is 3.77. The van der Waals surface area contributed by atoms with E-state index in [9.17, 15) is 13.2 Å². The lowest BCUT2D eigenvalue weighted by atomic mass is 10.3. The number of anilines is 4. The number of hydrogen-bond acceptors (Lipinski definition) is 4. The van der Waals surface area contributed by atoms with Crippen LogP contribution in [0.5, 0.6) is 0 Å². The molecule has 0 atom stereocenters. The predicted molar refractivity (Wildman–Crippen MR) is 89.1 cm³/mol. The predicted octanol–water partition coefficient (Wildman–Crippen LogP) is 5.14. The van der Waals surface area contributed by atoms with Crippen molar-refractivity contribution in [3.8, 4) is 0 Å². The molecule has 0 saturated heterocycles. The van der Waals surface area contributed by atoms with E-state index in [1.54, 1.807) is 0 Å². The normalized spacial score (nSPS) is 10.5. The molecular formula is C16H10BrF3N4. The number of aromatic nitrogens is 2. The van der Waals surface area contributed by atoms with Gasteiger partial charge in [-0.25, -0.2) is 18.2 Å². The zero-order valence-electron chi connectivity index (χ0n) is 12.0. The van der Waals surface area contributed by atoms with Gasteiger partial charge in [-0.1, -0.05) is 12.1 Å². The summed E-state index contributed by atoms with van der Waals surface area (Å²) in [5, 5.41) is 5.59. The summed E-state index contributed by atoms with van der Waals surface area (Å²) in [5.74, 6) is -3.62. The average molecular weight is 395 g/mol. The van der Waals surface area contributed by atoms with Gasteiger partial charge in [0, 0.05) is 10.7 Å². The Kier molecular flexibility index (Phi) is 4.66. The molecule has 3 rings (SSSR count). The lowest BCUT2D eigenvalue weighted by molar-refractivity contribution is 0.449. The molecule has 0 bridgehead atoms. The zero-order chi connectivity index (χ0) is 17.1. The third kappa shape index (κ3) is 3.48. The first-order chi connectivity index (χ1) is 11.5. The molecule has 0 aliphatic rings. The van der Waals surface area contributed by atoms with Crippen molar-refractivity contribution in [3.63, 3.8) is 0 Å². The highest BCUT2D eigenvalue weighted by Gasteiger charge is 2.14. The van der Waals surface area contributed by atoms with Gasteiger partial charge < -0.3 is 10.6 Å². The minimum atomic E-state index is -1.54. The van der Waals surface area contributed by atoms with Crippen LogP contribution in [-0.2, 0) is 0 Å². The molecule has 1 heterocycles. The Hall–Kier alpha value is -2.61. The lowest BCUT2D eigenvalue weighted by Crippen LogP contribution is -2.03. The largest absolute Gasteiger partial charge is 0.338 e. The van der Waals surface area contributed by atoms with Crippen LogP contribution in [0.2, 0.25) is 0 Å². The molecule has 2 aromatic carbocycles. The Morgan fingerprint density at radius 3 is 2.42 bits per heavy atom. The molecule has 0 unspecified atom stereocenters. The summed E-state index contributed by atoms with van der Waals surface area (Å²) in [6, 6.07) is 10.8. The van der Waals surface area contributed by atoms with E-state index < -0.39 is 17.5 Å². The average Bonchev–Trinajstić information content (AvgIpc) is 2.58. The maximum Gasteiger partial charge on any atom is 0.229 e. The molecule has 8 heteroatoms. The Morgan fingerprint density at radius 1 is 0.833 bits per heavy atom. The summed E-state index contributed by atoms with van der Waals surface area (Å²) >= 11 is 3.39. The Labute approximate surface area is 143 Å². The van der Waals surface area contributed by atoms with E-state index in [4.69, 9.17) is 0 Å². The van der Waals surface area contributed by atoms with E-state index in [0.29, 0.717) is 0 Å². The van der Waals surface area contributed by atoms with Gasteiger partial charge in [-0.3, -0.25) is 0 Å². The van der Waals surface area contributed by atoms with Crippen molar-refractivity contribution >= 4 is 39.1 Å². The molecule has 0 saturated carbocycles. The van der Waals surface area contributed by atoms with Gasteiger partial charge in [0.25, 0.3) is 0 Å². The Balaban J connectivity index is 1.84. The van der Waals surface area contributed by atoms with E-state index in [-0.39, 0.29) is 17.5 Å². The van der Waals surface area contributed by atoms with Crippen molar-refractivity contribution in [2.45, 2.75) is 0 Å². The topological polar surface area (TPSA) is 49.8 Å². The molecule has 24 heavy (non-hydrogen) atoms. The molecule has 0 amide bonds. The highest BCUT2D eigenvalue weighted by atomic mass is 79.9. The first-order valence-electron chi connectivity index (χ1n) is 6.79. The van der Waals surface area contributed by atoms with Crippen LogP contribution in [0.4, 0.5) is 36.3 Å². The van der Waals surface area contributed by atoms with E-state index >= 15 is 0 Å². The minimum absolute atomic E-state index is 0.223. The fraction of sp³-hybridized carbons (Fsp3) is 0. The molecule has 122 valence electrons. The molecule has 2 N–H and O–H groups in total. The van der Waals surface area contributed by atoms with Crippen molar-refractivity contribution in [3.05, 3.63) is 70.6 Å². The molecule has 0 fully saturated rings. The van der Waals surface area contributed by atoms with Crippen LogP contribution in [0, 0.1) is 17.5 Å². The van der Waals surface area contributed by atoms with Crippen LogP contribution in [-0.4, -0.2) is 9.97 Å². The molecule has 0 spiro atoms. The molecule has 0 radical (unpaired) electrons. The highest BCUT2D eigenvalue weighted by molar-refractivity contribution is 9.10. The number of nitrogens with zero attached hydrogens (tertiary/aromatic N) is 2. The van der Waals surface area contributed by atoms with Crippen LogP contribution in [0.3, 0.4) is 0 Å². The second-order valence-electron chi connectivity index (χ2n) is 4.72. The van der Waals surface area contributed by atoms with Crippen LogP contribution in [0.1, 0.15) is 0 Å². The maximum atomic E-state index is 13.7. The number of para-hydroxylation sites is 1. The fourth-order valence-corrected chi connectivity index (χ4v) is 2.32. The van der Waals surface area contributed by atoms with Crippen molar-refractivity contribution in [1.82, 2.24) is 9.97 Å². The van der Waals surface area contributed by atoms with Crippen molar-refractivity contribution in [2.24, 2.45) is 0 Å². The Morgan fingerprint density at radius 2 is 1.62 bits per heavy atom. The van der Waals surface area contributed by atoms with E-state index in [1.807, 2.05) is 24.3 Å². The molecular weight excluding hydrogens is 385 g/mol. The summed E-state index contributed by atoms with van der Waals surface area (Å²) in [5.41, 5.74) is 0.521. The Bertz CT molecular complexity index is 889. The first-order valence-corrected chi connectivity index (χ1v) is 7.59. The van der Waals surface area contributed by atoms with Crippen LogP contribution in [0.15, 0.2) is 53.1 Å². The van der Waals surface area contributed by atoms with Crippen molar-refractivity contribution in [1.29, 1.82) is 0 Å². The number of nitrogens with one attached hydrogen (secondary N) is 2. The van der Waals surface area contributed by atoms with Gasteiger partial charge in [0.05, 0.1) is 11.4 Å². The number of benzene rings is 2. The second-order valence-corrected chi connectivity index (χ2v) is 5.57. The maximum absolute atomic E-state index is 13.7. The lowest BCUT2D eigenvalue weighted by Gasteiger charge is -2.10. The monoisotopic (exact) mass is 394 g/mol. The summed E-state index contributed by atoms with van der Waals surface area (Å²) in [4.78, 5) is 8.22. The number of halogens is 4. The summed E-state index contributed by atoms with van der Waals surface area (Å²) in [6.45, 7) is 0. The molecule has 3 aromatic rings. The standard InChI is InChI=1S/C16H10BrF3N4/c17-9-3-1-2-4-11(9)23-16-21-8-7-13(24-16)22-12-6-5-10(18)14(19)15(12)20/h1-8H,(H2,21,22,23,24). The van der Waals surface area contributed by atoms with E-state index in [1.165, 1.54) is 12.3 Å². The number of rotatable bonds is 4. The fourth-order valence-electron chi connectivity index (χ4n) is 1.93. The van der Waals surface area contributed by atoms with Gasteiger partial charge in [-0.2, -0.15) is 4.98 Å². The smallest absolute Gasteiger partial charge is 0.229 e. The summed E-state index contributed by atoms with van der Waals surface area (Å²) < 4.78 is 40.7. The number of hydrogen-bond donors (Lipinski definition) is 2. The van der Waals surface area contributed by atoms with Gasteiger partial charge in [-0.15, -0.1) is 0 Å². The molecule has 0 aliphatic carbocycles. The minimum Gasteiger partial charge on any atom is -0.338 e. The summed E-state index contributed by atoms with van der Waals surface area (Å²) in [7, 11) is 0. The van der Waals surface area contributed by atoms with Gasteiger partial charge in [0.15, 0.2) is 17.5 Å². The van der Waals surface area contributed by atoms with E-state index in [2.05, 4.69) is 36.5 Å².